The van der Waals surface area contributed by atoms with Crippen molar-refractivity contribution in [1.82, 2.24) is 0 Å². The van der Waals surface area contributed by atoms with Gasteiger partial charge in [0.05, 0.1) is 0 Å². The van der Waals surface area contributed by atoms with Crippen LogP contribution in [0.1, 0.15) is 66.2 Å². The summed E-state index contributed by atoms with van der Waals surface area (Å²) < 4.78 is 0. The molecule has 0 amide bonds. The Morgan fingerprint density at radius 3 is 1.14 bits per heavy atom. The van der Waals surface area contributed by atoms with Gasteiger partial charge in [-0.05, 0) is 6.42 Å². The number of rotatable bonds is 7. The average molecular weight is 354 g/mol. The van der Waals surface area contributed by atoms with Gasteiger partial charge in [0.25, 0.3) is 0 Å². The van der Waals surface area contributed by atoms with Gasteiger partial charge in [-0.2, -0.15) is 0 Å². The van der Waals surface area contributed by atoms with Crippen LogP contribution < -0.4 is 20.4 Å². The first kappa shape index (κ1) is 33.4. The van der Waals surface area contributed by atoms with Crippen molar-refractivity contribution in [3.05, 3.63) is 0 Å². The number of aliphatic carboxylic acids is 1. The minimum atomic E-state index is -1.28. The molecule has 0 saturated carbocycles. The zero-order valence-corrected chi connectivity index (χ0v) is 15.9. The zero-order valence-electron chi connectivity index (χ0n) is 14.3. The second kappa shape index (κ2) is 37.2. The number of hydrogen-bond donors (Lipinski definition) is 0. The number of ketones is 1. The van der Waals surface area contributed by atoms with Crippen LogP contribution >= 0.6 is 0 Å². The molecule has 0 spiro atoms. The molecule has 6 nitrogen and oxygen atoms in total. The maximum absolute atomic E-state index is 10.4. The second-order valence-corrected chi connectivity index (χ2v) is 3.95. The molecule has 0 radical (unpaired) electrons. The van der Waals surface area contributed by atoms with E-state index in [1.807, 2.05) is 27.7 Å². The number of carbonyl (C=O) groups is 2. The van der Waals surface area contributed by atoms with Crippen LogP contribution in [0.3, 0.4) is 0 Å². The van der Waals surface area contributed by atoms with Crippen LogP contribution in [0.5, 0.6) is 0 Å². The third-order valence-electron chi connectivity index (χ3n) is 1.48. The van der Waals surface area contributed by atoms with Gasteiger partial charge in [-0.15, -0.1) is 19.8 Å². The first-order chi connectivity index (χ1) is 9.91. The van der Waals surface area contributed by atoms with E-state index in [4.69, 9.17) is 0 Å². The first-order valence-electron chi connectivity index (χ1n) is 7.37. The predicted molar refractivity (Wildman–Crippen MR) is 75.0 cm³/mol. The molecule has 0 atom stereocenters. The van der Waals surface area contributed by atoms with E-state index < -0.39 is 12.4 Å². The molecule has 0 heterocycles. The topological polar surface area (TPSA) is 126 Å². The summed E-state index contributed by atoms with van der Waals surface area (Å²) in [6.45, 7) is 7.64. The van der Waals surface area contributed by atoms with E-state index in [1.54, 1.807) is 0 Å². The Morgan fingerprint density at radius 2 is 1.00 bits per heavy atom. The third kappa shape index (κ3) is 73.1. The molecule has 0 aliphatic rings. The molecule has 22 heavy (non-hydrogen) atoms. The Hall–Kier alpha value is -0.266. The molecule has 0 unspecified atom stereocenters. The standard InChI is InChI=1S/C6H10O3.3C3H7O.Ti/c1-2-3-5(7)4-6(8)9;3*1-2-3-4;/h2-4H2,1H3,(H,8,9);3*2-3H2,1H3;/q;3*-1;+4/p-1. The Labute approximate surface area is 149 Å². The van der Waals surface area contributed by atoms with E-state index in [9.17, 15) is 30.0 Å². The number of carboxylic acids is 1. The van der Waals surface area contributed by atoms with Crippen LogP contribution in [0.25, 0.3) is 0 Å². The van der Waals surface area contributed by atoms with Crippen molar-refractivity contribution >= 4 is 11.8 Å². The van der Waals surface area contributed by atoms with Gasteiger partial charge in [-0.3, -0.25) is 4.79 Å². The van der Waals surface area contributed by atoms with Crippen molar-refractivity contribution in [2.75, 3.05) is 19.8 Å². The van der Waals surface area contributed by atoms with Crippen LogP contribution in [-0.2, 0) is 31.3 Å². The molecule has 0 aromatic heterocycles. The third-order valence-corrected chi connectivity index (χ3v) is 1.48. The van der Waals surface area contributed by atoms with Gasteiger partial charge in [-0.1, -0.05) is 47.0 Å². The van der Waals surface area contributed by atoms with Crippen molar-refractivity contribution in [2.24, 2.45) is 0 Å². The summed E-state index contributed by atoms with van der Waals surface area (Å²) in [5.41, 5.74) is 0. The summed E-state index contributed by atoms with van der Waals surface area (Å²) in [5, 5.41) is 37.6. The van der Waals surface area contributed by atoms with E-state index in [2.05, 4.69) is 0 Å². The Bertz CT molecular complexity index is 185. The summed E-state index contributed by atoms with van der Waals surface area (Å²) in [7, 11) is 0. The van der Waals surface area contributed by atoms with Crippen LogP contribution in [0.15, 0.2) is 0 Å². The quantitative estimate of drug-likeness (QED) is 0.416. The minimum Gasteiger partial charge on any atom is -0.854 e. The number of hydrogen-bond acceptors (Lipinski definition) is 6. The Morgan fingerprint density at radius 1 is 0.727 bits per heavy atom. The van der Waals surface area contributed by atoms with Crippen LogP contribution in [-0.4, -0.2) is 31.6 Å². The van der Waals surface area contributed by atoms with Gasteiger partial charge >= 0.3 is 21.7 Å². The summed E-state index contributed by atoms with van der Waals surface area (Å²) in [6.07, 6.45) is 2.90. The fourth-order valence-electron chi connectivity index (χ4n) is 0.528. The predicted octanol–water partition coefficient (Wildman–Crippen LogP) is -1.24. The molecule has 0 aromatic carbocycles. The van der Waals surface area contributed by atoms with Crippen molar-refractivity contribution in [2.45, 2.75) is 66.2 Å². The van der Waals surface area contributed by atoms with Crippen molar-refractivity contribution < 1.29 is 51.7 Å². The zero-order chi connectivity index (χ0) is 17.5. The van der Waals surface area contributed by atoms with Gasteiger partial charge in [-0.25, -0.2) is 0 Å². The largest absolute Gasteiger partial charge is 4.00 e. The maximum Gasteiger partial charge on any atom is 4.00 e. The second-order valence-electron chi connectivity index (χ2n) is 3.95. The van der Waals surface area contributed by atoms with Gasteiger partial charge in [0.2, 0.25) is 0 Å². The fraction of sp³-hybridized carbons (Fsp3) is 0.867. The van der Waals surface area contributed by atoms with Crippen molar-refractivity contribution in [3.8, 4) is 0 Å². The Balaban J connectivity index is -0.0000000632. The van der Waals surface area contributed by atoms with Crippen LogP contribution in [0, 0.1) is 0 Å². The number of Topliss-reactive ketones (excluding diaryl/α,β-unsaturated/α-hetero) is 1. The van der Waals surface area contributed by atoms with Crippen molar-refractivity contribution in [1.29, 1.82) is 0 Å². The van der Waals surface area contributed by atoms with Crippen LogP contribution in [0.4, 0.5) is 0 Å². The molecule has 0 rings (SSSR count). The summed E-state index contributed by atoms with van der Waals surface area (Å²) in [4.78, 5) is 20.2. The summed E-state index contributed by atoms with van der Waals surface area (Å²) in [5.74, 6) is -1.54. The first-order valence-corrected chi connectivity index (χ1v) is 7.37. The van der Waals surface area contributed by atoms with Crippen molar-refractivity contribution in [3.63, 3.8) is 0 Å². The summed E-state index contributed by atoms with van der Waals surface area (Å²) >= 11 is 0. The fourth-order valence-corrected chi connectivity index (χ4v) is 0.528. The van der Waals surface area contributed by atoms with Gasteiger partial charge < -0.3 is 25.2 Å². The monoisotopic (exact) mass is 354 g/mol. The molecular formula is C15H30O6Ti. The van der Waals surface area contributed by atoms with Gasteiger partial charge in [0, 0.05) is 18.8 Å². The molecule has 7 heteroatoms. The van der Waals surface area contributed by atoms with E-state index in [0.717, 1.165) is 19.3 Å². The summed E-state index contributed by atoms with van der Waals surface area (Å²) in [6, 6.07) is 0. The van der Waals surface area contributed by atoms with E-state index >= 15 is 0 Å². The van der Waals surface area contributed by atoms with Gasteiger partial charge in [0.1, 0.15) is 5.78 Å². The molecule has 0 aromatic rings. The molecular weight excluding hydrogens is 324 g/mol. The molecule has 0 bridgehead atoms. The normalized spacial score (nSPS) is 7.77. The number of carboxylic acid groups (broad SMARTS) is 1. The van der Waals surface area contributed by atoms with Gasteiger partial charge in [0.15, 0.2) is 0 Å². The molecule has 0 fully saturated rings. The number of carbonyl (C=O) groups excluding carboxylic acids is 2. The smallest absolute Gasteiger partial charge is 0.854 e. The molecule has 130 valence electrons. The molecule has 0 aliphatic carbocycles. The van der Waals surface area contributed by atoms with Crippen LogP contribution in [0.2, 0.25) is 0 Å². The SMILES string of the molecule is CCCC(=O)CC(=O)[O-].CCC[O-].CCC[O-].CCC[O-].[Ti+4]. The van der Waals surface area contributed by atoms with E-state index in [-0.39, 0.29) is 47.3 Å². The molecule has 0 aliphatic heterocycles. The molecule has 0 saturated heterocycles. The maximum atomic E-state index is 10.4. The average Bonchev–Trinajstić information content (AvgIpc) is 2.47. The Kier molecular flexibility index (Phi) is 56.4. The molecule has 0 N–H and O–H groups in total. The van der Waals surface area contributed by atoms with E-state index in [1.165, 1.54) is 0 Å². The van der Waals surface area contributed by atoms with E-state index in [0.29, 0.717) is 12.8 Å². The minimum absolute atomic E-state index is 0.